The van der Waals surface area contributed by atoms with Crippen molar-refractivity contribution in [1.82, 2.24) is 5.32 Å². The molecule has 5 nitrogen and oxygen atoms in total. The first kappa shape index (κ1) is 16.5. The van der Waals surface area contributed by atoms with Gasteiger partial charge in [-0.1, -0.05) is 19.1 Å². The van der Waals surface area contributed by atoms with Gasteiger partial charge in [0.2, 0.25) is 0 Å². The van der Waals surface area contributed by atoms with Gasteiger partial charge in [0.15, 0.2) is 0 Å². The minimum atomic E-state index is -0.257. The van der Waals surface area contributed by atoms with Crippen molar-refractivity contribution in [1.29, 1.82) is 0 Å². The summed E-state index contributed by atoms with van der Waals surface area (Å²) in [7, 11) is 1.65. The minimum absolute atomic E-state index is 0.0129. The van der Waals surface area contributed by atoms with Crippen molar-refractivity contribution in [3.8, 4) is 0 Å². The number of aliphatic hydroxyl groups is 1. The minimum Gasteiger partial charge on any atom is -0.396 e. The number of hydrogen-bond donors (Lipinski definition) is 3. The van der Waals surface area contributed by atoms with Gasteiger partial charge in [-0.2, -0.15) is 0 Å². The summed E-state index contributed by atoms with van der Waals surface area (Å²) in [5.74, 6) is 0. The van der Waals surface area contributed by atoms with Crippen LogP contribution in [0.1, 0.15) is 38.4 Å². The fourth-order valence-electron chi connectivity index (χ4n) is 1.89. The van der Waals surface area contributed by atoms with Gasteiger partial charge in [0.25, 0.3) is 0 Å². The summed E-state index contributed by atoms with van der Waals surface area (Å²) >= 11 is 0. The third kappa shape index (κ3) is 5.19. The molecule has 0 aliphatic rings. The molecule has 0 heterocycles. The zero-order chi connectivity index (χ0) is 15.0. The van der Waals surface area contributed by atoms with Crippen LogP contribution in [0.15, 0.2) is 24.3 Å². The molecule has 0 saturated carbocycles. The lowest BCUT2D eigenvalue weighted by atomic mass is 10.1. The average Bonchev–Trinajstić information content (AvgIpc) is 2.46. The van der Waals surface area contributed by atoms with Crippen LogP contribution in [0.25, 0.3) is 0 Å². The monoisotopic (exact) mass is 280 g/mol. The van der Waals surface area contributed by atoms with Crippen LogP contribution in [-0.2, 0) is 4.74 Å². The molecule has 1 aromatic rings. The Morgan fingerprint density at radius 1 is 1.45 bits per heavy atom. The SMILES string of the molecule is CCC(CCO)NC(=O)Nc1cccc(C(C)OC)c1. The maximum absolute atomic E-state index is 11.9. The van der Waals surface area contributed by atoms with E-state index in [9.17, 15) is 4.79 Å². The van der Waals surface area contributed by atoms with E-state index in [1.807, 2.05) is 38.1 Å². The average molecular weight is 280 g/mol. The molecule has 112 valence electrons. The van der Waals surface area contributed by atoms with Crippen LogP contribution in [-0.4, -0.2) is 30.9 Å². The quantitative estimate of drug-likeness (QED) is 0.719. The van der Waals surface area contributed by atoms with Gasteiger partial charge >= 0.3 is 6.03 Å². The Hall–Kier alpha value is -1.59. The van der Waals surface area contributed by atoms with Crippen LogP contribution in [0.3, 0.4) is 0 Å². The summed E-state index contributed by atoms with van der Waals surface area (Å²) in [5, 5.41) is 14.5. The summed E-state index contributed by atoms with van der Waals surface area (Å²) in [6.45, 7) is 3.99. The molecule has 1 rings (SSSR count). The van der Waals surface area contributed by atoms with Crippen molar-refractivity contribution in [3.05, 3.63) is 29.8 Å². The third-order valence-corrected chi connectivity index (χ3v) is 3.27. The Balaban J connectivity index is 2.61. The second kappa shape index (κ2) is 8.55. The van der Waals surface area contributed by atoms with Gasteiger partial charge < -0.3 is 20.5 Å². The highest BCUT2D eigenvalue weighted by atomic mass is 16.5. The van der Waals surface area contributed by atoms with Crippen LogP contribution in [0.5, 0.6) is 0 Å². The number of rotatable bonds is 7. The molecule has 0 aromatic heterocycles. The smallest absolute Gasteiger partial charge is 0.319 e. The molecule has 5 heteroatoms. The van der Waals surface area contributed by atoms with E-state index in [0.717, 1.165) is 17.7 Å². The zero-order valence-electron chi connectivity index (χ0n) is 12.3. The fraction of sp³-hybridized carbons (Fsp3) is 0.533. The van der Waals surface area contributed by atoms with E-state index in [4.69, 9.17) is 9.84 Å². The van der Waals surface area contributed by atoms with E-state index in [0.29, 0.717) is 6.42 Å². The van der Waals surface area contributed by atoms with Crippen LogP contribution < -0.4 is 10.6 Å². The Kier molecular flexibility index (Phi) is 7.04. The van der Waals surface area contributed by atoms with Crippen LogP contribution in [0, 0.1) is 0 Å². The molecule has 0 bridgehead atoms. The number of carbonyl (C=O) groups excluding carboxylic acids is 1. The van der Waals surface area contributed by atoms with Crippen LogP contribution in [0.2, 0.25) is 0 Å². The Morgan fingerprint density at radius 3 is 2.80 bits per heavy atom. The largest absolute Gasteiger partial charge is 0.396 e. The highest BCUT2D eigenvalue weighted by Crippen LogP contribution is 2.19. The van der Waals surface area contributed by atoms with E-state index < -0.39 is 0 Å². The predicted molar refractivity (Wildman–Crippen MR) is 79.8 cm³/mol. The molecular weight excluding hydrogens is 256 g/mol. The Labute approximate surface area is 120 Å². The van der Waals surface area contributed by atoms with E-state index in [1.54, 1.807) is 7.11 Å². The van der Waals surface area contributed by atoms with Gasteiger partial charge in [-0.25, -0.2) is 4.79 Å². The molecule has 2 unspecified atom stereocenters. The molecule has 3 N–H and O–H groups in total. The molecule has 2 amide bonds. The molecule has 1 aromatic carbocycles. The number of anilines is 1. The van der Waals surface area contributed by atoms with Crippen LogP contribution in [0.4, 0.5) is 10.5 Å². The summed E-state index contributed by atoms with van der Waals surface area (Å²) < 4.78 is 5.25. The molecule has 0 radical (unpaired) electrons. The first-order valence-electron chi connectivity index (χ1n) is 6.91. The highest BCUT2D eigenvalue weighted by molar-refractivity contribution is 5.89. The van der Waals surface area contributed by atoms with Gasteiger partial charge in [-0.3, -0.25) is 0 Å². The summed E-state index contributed by atoms with van der Waals surface area (Å²) in [4.78, 5) is 11.9. The maximum atomic E-state index is 11.9. The molecule has 0 fully saturated rings. The number of methoxy groups -OCH3 is 1. The van der Waals surface area contributed by atoms with Crippen molar-refractivity contribution < 1.29 is 14.6 Å². The Bertz CT molecular complexity index is 423. The van der Waals surface area contributed by atoms with Gasteiger partial charge in [-0.05, 0) is 37.5 Å². The lowest BCUT2D eigenvalue weighted by Gasteiger charge is -2.17. The van der Waals surface area contributed by atoms with E-state index in [2.05, 4.69) is 10.6 Å². The van der Waals surface area contributed by atoms with Crippen molar-refractivity contribution >= 4 is 11.7 Å². The third-order valence-electron chi connectivity index (χ3n) is 3.27. The number of benzene rings is 1. The van der Waals surface area contributed by atoms with E-state index in [-0.39, 0.29) is 24.8 Å². The molecule has 0 saturated heterocycles. The Morgan fingerprint density at radius 2 is 2.20 bits per heavy atom. The number of carbonyl (C=O) groups is 1. The van der Waals surface area contributed by atoms with Gasteiger partial charge in [0, 0.05) is 25.4 Å². The summed E-state index contributed by atoms with van der Waals surface area (Å²) in [6, 6.07) is 7.29. The van der Waals surface area contributed by atoms with Gasteiger partial charge in [-0.15, -0.1) is 0 Å². The van der Waals surface area contributed by atoms with Crippen LogP contribution >= 0.6 is 0 Å². The van der Waals surface area contributed by atoms with Crippen molar-refractivity contribution in [2.24, 2.45) is 0 Å². The normalized spacial score (nSPS) is 13.6. The van der Waals surface area contributed by atoms with E-state index in [1.165, 1.54) is 0 Å². The topological polar surface area (TPSA) is 70.6 Å². The molecule has 0 aliphatic heterocycles. The van der Waals surface area contributed by atoms with Crippen molar-refractivity contribution in [2.45, 2.75) is 38.8 Å². The summed E-state index contributed by atoms with van der Waals surface area (Å²) in [5.41, 5.74) is 1.73. The number of aliphatic hydroxyl groups excluding tert-OH is 1. The summed E-state index contributed by atoms with van der Waals surface area (Å²) in [6.07, 6.45) is 1.33. The lowest BCUT2D eigenvalue weighted by molar-refractivity contribution is 0.119. The molecule has 2 atom stereocenters. The second-order valence-corrected chi connectivity index (χ2v) is 4.72. The molecule has 0 aliphatic carbocycles. The van der Waals surface area contributed by atoms with E-state index >= 15 is 0 Å². The molecule has 20 heavy (non-hydrogen) atoms. The first-order valence-corrected chi connectivity index (χ1v) is 6.91. The van der Waals surface area contributed by atoms with Gasteiger partial charge in [0.05, 0.1) is 6.10 Å². The number of nitrogens with one attached hydrogen (secondary N) is 2. The second-order valence-electron chi connectivity index (χ2n) is 4.72. The number of hydrogen-bond acceptors (Lipinski definition) is 3. The van der Waals surface area contributed by atoms with Crippen molar-refractivity contribution in [2.75, 3.05) is 19.0 Å². The standard InChI is InChI=1S/C15H24N2O3/c1-4-13(8-9-18)16-15(19)17-14-7-5-6-12(10-14)11(2)20-3/h5-7,10-11,13,18H,4,8-9H2,1-3H3,(H2,16,17,19). The fourth-order valence-corrected chi connectivity index (χ4v) is 1.89. The lowest BCUT2D eigenvalue weighted by Crippen LogP contribution is -2.38. The van der Waals surface area contributed by atoms with Gasteiger partial charge in [0.1, 0.15) is 0 Å². The van der Waals surface area contributed by atoms with Crippen molar-refractivity contribution in [3.63, 3.8) is 0 Å². The zero-order valence-corrected chi connectivity index (χ0v) is 12.3. The number of urea groups is 1. The predicted octanol–water partition coefficient (Wildman–Crippen LogP) is 2.68. The molecular formula is C15H24N2O3. The first-order chi connectivity index (χ1) is 9.60. The number of amides is 2. The molecule has 0 spiro atoms. The highest BCUT2D eigenvalue weighted by Gasteiger charge is 2.10. The number of ether oxygens (including phenoxy) is 1. The maximum Gasteiger partial charge on any atom is 0.319 e.